The molecule has 144 valence electrons. The molecule has 3 heterocycles. The molecule has 0 aliphatic carbocycles. The van der Waals surface area contributed by atoms with Crippen LogP contribution < -0.4 is 5.73 Å². The maximum absolute atomic E-state index is 12.2. The summed E-state index contributed by atoms with van der Waals surface area (Å²) in [5, 5.41) is 14.7. The number of aryl methyl sites for hydroxylation is 1. The summed E-state index contributed by atoms with van der Waals surface area (Å²) in [4.78, 5) is 25.2. The van der Waals surface area contributed by atoms with E-state index < -0.39 is 17.4 Å². The Bertz CT molecular complexity index is 1080. The summed E-state index contributed by atoms with van der Waals surface area (Å²) < 4.78 is 7.12. The SMILES string of the molecule is Cc1cn(-c2cccc(-c3cc([C@]4(O)CCN(C)C4=O)on3)c2)cc1C(N)=O. The van der Waals surface area contributed by atoms with E-state index in [0.717, 1.165) is 16.8 Å². The van der Waals surface area contributed by atoms with Gasteiger partial charge in [0.1, 0.15) is 5.69 Å². The van der Waals surface area contributed by atoms with Crippen molar-refractivity contribution >= 4 is 11.8 Å². The van der Waals surface area contributed by atoms with E-state index in [-0.39, 0.29) is 12.2 Å². The molecular weight excluding hydrogens is 360 g/mol. The Morgan fingerprint density at radius 1 is 1.32 bits per heavy atom. The lowest BCUT2D eigenvalue weighted by molar-refractivity contribution is -0.144. The molecule has 2 aromatic heterocycles. The third kappa shape index (κ3) is 2.78. The average Bonchev–Trinajstić information content (AvgIpc) is 3.38. The van der Waals surface area contributed by atoms with Gasteiger partial charge in [-0.2, -0.15) is 0 Å². The fourth-order valence-electron chi connectivity index (χ4n) is 3.48. The number of amides is 2. The zero-order chi connectivity index (χ0) is 20.1. The molecule has 8 nitrogen and oxygen atoms in total. The van der Waals surface area contributed by atoms with Crippen molar-refractivity contribution in [3.8, 4) is 16.9 Å². The molecule has 1 aromatic carbocycles. The smallest absolute Gasteiger partial charge is 0.262 e. The van der Waals surface area contributed by atoms with Crippen molar-refractivity contribution in [2.45, 2.75) is 18.9 Å². The van der Waals surface area contributed by atoms with Crippen molar-refractivity contribution in [1.29, 1.82) is 0 Å². The number of hydrogen-bond donors (Lipinski definition) is 2. The average molecular weight is 380 g/mol. The minimum Gasteiger partial charge on any atom is -0.373 e. The highest BCUT2D eigenvalue weighted by Gasteiger charge is 2.48. The van der Waals surface area contributed by atoms with E-state index in [4.69, 9.17) is 10.3 Å². The third-order valence-corrected chi connectivity index (χ3v) is 5.16. The highest BCUT2D eigenvalue weighted by Crippen LogP contribution is 2.35. The van der Waals surface area contributed by atoms with Crippen molar-refractivity contribution in [3.05, 3.63) is 59.6 Å². The largest absolute Gasteiger partial charge is 0.373 e. The first kappa shape index (κ1) is 18.0. The first-order valence-electron chi connectivity index (χ1n) is 8.84. The molecule has 0 radical (unpaired) electrons. The van der Waals surface area contributed by atoms with E-state index in [2.05, 4.69) is 5.16 Å². The van der Waals surface area contributed by atoms with Gasteiger partial charge in [0.05, 0.1) is 5.56 Å². The van der Waals surface area contributed by atoms with E-state index in [1.165, 1.54) is 4.90 Å². The normalized spacial score (nSPS) is 19.4. The number of hydrogen-bond acceptors (Lipinski definition) is 5. The predicted molar refractivity (Wildman–Crippen MR) is 101 cm³/mol. The van der Waals surface area contributed by atoms with Crippen molar-refractivity contribution in [2.24, 2.45) is 5.73 Å². The van der Waals surface area contributed by atoms with Crippen LogP contribution in [0.2, 0.25) is 0 Å². The number of nitrogens with zero attached hydrogens (tertiary/aromatic N) is 3. The van der Waals surface area contributed by atoms with E-state index in [1.807, 2.05) is 42.0 Å². The minimum atomic E-state index is -1.68. The zero-order valence-corrected chi connectivity index (χ0v) is 15.5. The fraction of sp³-hybridized carbons (Fsp3) is 0.250. The molecular formula is C20H20N4O4. The Labute approximate surface area is 161 Å². The van der Waals surface area contributed by atoms with Gasteiger partial charge in [-0.3, -0.25) is 9.59 Å². The molecule has 3 aromatic rings. The molecule has 0 bridgehead atoms. The number of rotatable bonds is 4. The number of primary amides is 1. The van der Waals surface area contributed by atoms with E-state index >= 15 is 0 Å². The highest BCUT2D eigenvalue weighted by atomic mass is 16.5. The summed E-state index contributed by atoms with van der Waals surface area (Å²) in [6.45, 7) is 2.27. The van der Waals surface area contributed by atoms with Gasteiger partial charge < -0.3 is 24.8 Å². The number of aliphatic hydroxyl groups is 1. The summed E-state index contributed by atoms with van der Waals surface area (Å²) in [6, 6.07) is 9.05. The zero-order valence-electron chi connectivity index (χ0n) is 15.5. The molecule has 2 amide bonds. The molecule has 4 rings (SSSR count). The monoisotopic (exact) mass is 380 g/mol. The number of likely N-dealkylation sites (tertiary alicyclic amines) is 1. The van der Waals surface area contributed by atoms with Gasteiger partial charge >= 0.3 is 0 Å². The lowest BCUT2D eigenvalue weighted by Crippen LogP contribution is -2.35. The van der Waals surface area contributed by atoms with E-state index in [9.17, 15) is 14.7 Å². The summed E-state index contributed by atoms with van der Waals surface area (Å²) in [7, 11) is 1.64. The number of likely N-dealkylation sites (N-methyl/N-ethyl adjacent to an activating group) is 1. The van der Waals surface area contributed by atoms with Crippen molar-refractivity contribution < 1.29 is 19.2 Å². The number of nitrogens with two attached hydrogens (primary N) is 1. The van der Waals surface area contributed by atoms with Gasteiger partial charge in [-0.25, -0.2) is 0 Å². The molecule has 8 heteroatoms. The lowest BCUT2D eigenvalue weighted by atomic mass is 9.98. The first-order chi connectivity index (χ1) is 13.3. The second-order valence-electron chi connectivity index (χ2n) is 7.09. The molecule has 0 saturated carbocycles. The Hall–Kier alpha value is -3.39. The molecule has 1 aliphatic heterocycles. The van der Waals surface area contributed by atoms with Gasteiger partial charge in [0.15, 0.2) is 5.76 Å². The van der Waals surface area contributed by atoms with Crippen LogP contribution in [0.4, 0.5) is 0 Å². The van der Waals surface area contributed by atoms with Crippen LogP contribution >= 0.6 is 0 Å². The second-order valence-corrected chi connectivity index (χ2v) is 7.09. The second kappa shape index (κ2) is 6.35. The van der Waals surface area contributed by atoms with Crippen LogP contribution in [-0.4, -0.2) is 45.1 Å². The summed E-state index contributed by atoms with van der Waals surface area (Å²) in [5.41, 5.74) is 7.03. The molecule has 0 unspecified atom stereocenters. The lowest BCUT2D eigenvalue weighted by Gasteiger charge is -2.16. The third-order valence-electron chi connectivity index (χ3n) is 5.16. The van der Waals surface area contributed by atoms with Crippen LogP contribution in [-0.2, 0) is 10.4 Å². The first-order valence-corrected chi connectivity index (χ1v) is 8.84. The van der Waals surface area contributed by atoms with Gasteiger partial charge in [-0.1, -0.05) is 17.3 Å². The predicted octanol–water partition coefficient (Wildman–Crippen LogP) is 1.59. The van der Waals surface area contributed by atoms with Gasteiger partial charge in [-0.05, 0) is 24.6 Å². The molecule has 1 aliphatic rings. The van der Waals surface area contributed by atoms with Crippen LogP contribution in [0.15, 0.2) is 47.2 Å². The van der Waals surface area contributed by atoms with E-state index in [0.29, 0.717) is 17.8 Å². The molecule has 28 heavy (non-hydrogen) atoms. The maximum atomic E-state index is 12.2. The van der Waals surface area contributed by atoms with Crippen molar-refractivity contribution in [3.63, 3.8) is 0 Å². The van der Waals surface area contributed by atoms with Crippen LogP contribution in [0.1, 0.15) is 28.1 Å². The molecule has 0 spiro atoms. The Morgan fingerprint density at radius 3 is 2.75 bits per heavy atom. The Kier molecular flexibility index (Phi) is 4.08. The fourth-order valence-corrected chi connectivity index (χ4v) is 3.48. The molecule has 3 N–H and O–H groups in total. The van der Waals surface area contributed by atoms with Crippen LogP contribution in [0.25, 0.3) is 16.9 Å². The van der Waals surface area contributed by atoms with Gasteiger partial charge in [-0.15, -0.1) is 0 Å². The van der Waals surface area contributed by atoms with Crippen LogP contribution in [0.3, 0.4) is 0 Å². The van der Waals surface area contributed by atoms with E-state index in [1.54, 1.807) is 19.3 Å². The minimum absolute atomic E-state index is 0.134. The molecule has 1 saturated heterocycles. The quantitative estimate of drug-likeness (QED) is 0.713. The number of carbonyl (C=O) groups excluding carboxylic acids is 2. The molecule has 1 fully saturated rings. The summed E-state index contributed by atoms with van der Waals surface area (Å²) in [6.07, 6.45) is 3.76. The van der Waals surface area contributed by atoms with Crippen molar-refractivity contribution in [1.82, 2.24) is 14.6 Å². The standard InChI is InChI=1S/C20H20N4O4/c1-12-10-24(11-15(12)18(21)25)14-5-3-4-13(8-14)16-9-17(28-22-16)20(27)6-7-23(2)19(20)26/h3-5,8-11,27H,6-7H2,1-2H3,(H2,21,25)/t20-/m1/s1. The number of benzene rings is 1. The Morgan fingerprint density at radius 2 is 2.11 bits per heavy atom. The summed E-state index contributed by atoms with van der Waals surface area (Å²) in [5.74, 6) is -0.742. The maximum Gasteiger partial charge on any atom is 0.262 e. The van der Waals surface area contributed by atoms with Gasteiger partial charge in [0, 0.05) is 49.7 Å². The topological polar surface area (TPSA) is 115 Å². The van der Waals surface area contributed by atoms with Crippen molar-refractivity contribution in [2.75, 3.05) is 13.6 Å². The number of aromatic nitrogens is 2. The Balaban J connectivity index is 1.68. The summed E-state index contributed by atoms with van der Waals surface area (Å²) >= 11 is 0. The van der Waals surface area contributed by atoms with Gasteiger partial charge in [0.2, 0.25) is 5.60 Å². The highest BCUT2D eigenvalue weighted by molar-refractivity contribution is 5.94. The van der Waals surface area contributed by atoms with Crippen LogP contribution in [0, 0.1) is 6.92 Å². The molecule has 1 atom stereocenters. The number of carbonyl (C=O) groups is 2. The van der Waals surface area contributed by atoms with Gasteiger partial charge in [0.25, 0.3) is 11.8 Å². The van der Waals surface area contributed by atoms with Crippen LogP contribution in [0.5, 0.6) is 0 Å².